The number of aryl methyl sites for hydroxylation is 1. The van der Waals surface area contributed by atoms with Gasteiger partial charge in [0.15, 0.2) is 0 Å². The molecule has 17 heavy (non-hydrogen) atoms. The van der Waals surface area contributed by atoms with E-state index >= 15 is 0 Å². The quantitative estimate of drug-likeness (QED) is 0.524. The summed E-state index contributed by atoms with van der Waals surface area (Å²) in [6.45, 7) is 3.63. The van der Waals surface area contributed by atoms with Crippen molar-refractivity contribution in [3.05, 3.63) is 29.6 Å². The highest BCUT2D eigenvalue weighted by Gasteiger charge is 1.98. The molecule has 1 aromatic rings. The molecule has 3 N–H and O–H groups in total. The molecule has 0 saturated heterocycles. The molecule has 6 heteroatoms. The van der Waals surface area contributed by atoms with Crippen molar-refractivity contribution in [2.24, 2.45) is 0 Å². The Labute approximate surface area is 106 Å². The van der Waals surface area contributed by atoms with E-state index in [4.69, 9.17) is 0 Å². The van der Waals surface area contributed by atoms with Crippen molar-refractivity contribution in [2.75, 3.05) is 19.3 Å². The smallest absolute Gasteiger partial charge is 0.324 e. The molecule has 0 aliphatic rings. The average Bonchev–Trinajstić information content (AvgIpc) is 2.35. The Morgan fingerprint density at radius 1 is 1.53 bits per heavy atom. The molecule has 0 aromatic carbocycles. The van der Waals surface area contributed by atoms with Gasteiger partial charge in [0.25, 0.3) is 0 Å². The molecule has 1 aromatic heterocycles. The molecule has 1 heterocycles. The maximum absolute atomic E-state index is 10.8. The van der Waals surface area contributed by atoms with Crippen molar-refractivity contribution in [1.82, 2.24) is 20.3 Å². The molecular formula is C11H18N4OS. The lowest BCUT2D eigenvalue weighted by Crippen LogP contribution is -2.29. The van der Waals surface area contributed by atoms with Crippen LogP contribution in [0.15, 0.2) is 18.3 Å². The zero-order valence-corrected chi connectivity index (χ0v) is 10.9. The summed E-state index contributed by atoms with van der Waals surface area (Å²) in [6, 6.07) is 3.81. The zero-order valence-electron chi connectivity index (χ0n) is 10.1. The molecule has 1 rings (SSSR count). The number of amides is 2. The van der Waals surface area contributed by atoms with Crippen molar-refractivity contribution in [3.8, 4) is 0 Å². The monoisotopic (exact) mass is 254 g/mol. The summed E-state index contributed by atoms with van der Waals surface area (Å²) >= 11 is 1.38. The van der Waals surface area contributed by atoms with E-state index in [1.807, 2.05) is 19.1 Å². The van der Waals surface area contributed by atoms with Crippen LogP contribution in [0.5, 0.6) is 0 Å². The van der Waals surface area contributed by atoms with Gasteiger partial charge < -0.3 is 10.6 Å². The second kappa shape index (κ2) is 7.92. The predicted molar refractivity (Wildman–Crippen MR) is 70.7 cm³/mol. The summed E-state index contributed by atoms with van der Waals surface area (Å²) in [7, 11) is 1.60. The van der Waals surface area contributed by atoms with Gasteiger partial charge in [0.2, 0.25) is 0 Å². The van der Waals surface area contributed by atoms with Gasteiger partial charge >= 0.3 is 6.03 Å². The molecule has 5 nitrogen and oxygen atoms in total. The van der Waals surface area contributed by atoms with E-state index in [1.165, 1.54) is 17.5 Å². The second-order valence-corrected chi connectivity index (χ2v) is 4.37. The first-order chi connectivity index (χ1) is 8.24. The maximum Gasteiger partial charge on any atom is 0.324 e. The van der Waals surface area contributed by atoms with Crippen LogP contribution in [0.3, 0.4) is 0 Å². The number of hydrogen-bond donors (Lipinski definition) is 3. The Kier molecular flexibility index (Phi) is 6.42. The number of nitrogens with zero attached hydrogens (tertiary/aromatic N) is 1. The SMILES string of the molecule is CNC(=O)NSCCNCc1ncccc1C. The van der Waals surface area contributed by atoms with Gasteiger partial charge in [0, 0.05) is 32.1 Å². The van der Waals surface area contributed by atoms with E-state index in [0.29, 0.717) is 0 Å². The Balaban J connectivity index is 2.09. The van der Waals surface area contributed by atoms with Gasteiger partial charge in [-0.25, -0.2) is 4.79 Å². The molecule has 0 spiro atoms. The standard InChI is InChI=1S/C11H18N4OS/c1-9-4-3-5-14-10(9)8-13-6-7-17-15-11(16)12-2/h3-5,13H,6-8H2,1-2H3,(H2,12,15,16). The first-order valence-electron chi connectivity index (χ1n) is 5.44. The van der Waals surface area contributed by atoms with Gasteiger partial charge in [0.1, 0.15) is 0 Å². The fourth-order valence-electron chi connectivity index (χ4n) is 1.20. The molecule has 0 fully saturated rings. The lowest BCUT2D eigenvalue weighted by molar-refractivity contribution is 0.248. The van der Waals surface area contributed by atoms with Gasteiger partial charge in [0.05, 0.1) is 5.69 Å². The van der Waals surface area contributed by atoms with Crippen LogP contribution in [-0.4, -0.2) is 30.4 Å². The summed E-state index contributed by atoms with van der Waals surface area (Å²) in [4.78, 5) is 15.1. The van der Waals surface area contributed by atoms with Crippen molar-refractivity contribution in [3.63, 3.8) is 0 Å². The van der Waals surface area contributed by atoms with E-state index in [9.17, 15) is 4.79 Å². The first-order valence-corrected chi connectivity index (χ1v) is 6.43. The third-order valence-electron chi connectivity index (χ3n) is 2.18. The van der Waals surface area contributed by atoms with Crippen LogP contribution in [0.2, 0.25) is 0 Å². The number of carbonyl (C=O) groups excluding carboxylic acids is 1. The molecule has 0 saturated carbocycles. The van der Waals surface area contributed by atoms with Crippen LogP contribution < -0.4 is 15.4 Å². The molecule has 0 bridgehead atoms. The van der Waals surface area contributed by atoms with Crippen LogP contribution in [-0.2, 0) is 6.54 Å². The minimum Gasteiger partial charge on any atom is -0.341 e. The van der Waals surface area contributed by atoms with E-state index in [1.54, 1.807) is 13.2 Å². The van der Waals surface area contributed by atoms with Crippen LogP contribution in [0.4, 0.5) is 4.79 Å². The Morgan fingerprint density at radius 2 is 2.35 bits per heavy atom. The third kappa shape index (κ3) is 5.55. The van der Waals surface area contributed by atoms with Gasteiger partial charge in [-0.15, -0.1) is 0 Å². The van der Waals surface area contributed by atoms with Crippen LogP contribution in [0.1, 0.15) is 11.3 Å². The second-order valence-electron chi connectivity index (χ2n) is 3.47. The van der Waals surface area contributed by atoms with Gasteiger partial charge in [-0.3, -0.25) is 9.71 Å². The molecular weight excluding hydrogens is 236 g/mol. The zero-order chi connectivity index (χ0) is 12.5. The molecule has 0 atom stereocenters. The molecule has 0 unspecified atom stereocenters. The van der Waals surface area contributed by atoms with E-state index in [0.717, 1.165) is 24.5 Å². The van der Waals surface area contributed by atoms with Gasteiger partial charge in [-0.1, -0.05) is 6.07 Å². The molecule has 2 amide bonds. The van der Waals surface area contributed by atoms with E-state index < -0.39 is 0 Å². The molecule has 0 aliphatic heterocycles. The van der Waals surface area contributed by atoms with Crippen molar-refractivity contribution < 1.29 is 4.79 Å². The lowest BCUT2D eigenvalue weighted by atomic mass is 10.2. The predicted octanol–water partition coefficient (Wildman–Crippen LogP) is 1.06. The Hall–Kier alpha value is -1.27. The number of carbonyl (C=O) groups is 1. The highest BCUT2D eigenvalue weighted by atomic mass is 32.2. The van der Waals surface area contributed by atoms with Crippen LogP contribution in [0, 0.1) is 6.92 Å². The van der Waals surface area contributed by atoms with Crippen molar-refractivity contribution in [1.29, 1.82) is 0 Å². The Morgan fingerprint density at radius 3 is 3.06 bits per heavy atom. The minimum atomic E-state index is -0.171. The normalized spacial score (nSPS) is 10.0. The number of rotatable bonds is 6. The molecule has 0 radical (unpaired) electrons. The van der Waals surface area contributed by atoms with Crippen molar-refractivity contribution >= 4 is 18.0 Å². The first kappa shape index (κ1) is 13.8. The van der Waals surface area contributed by atoms with E-state index in [-0.39, 0.29) is 6.03 Å². The number of urea groups is 1. The highest BCUT2D eigenvalue weighted by molar-refractivity contribution is 7.97. The summed E-state index contributed by atoms with van der Waals surface area (Å²) in [6.07, 6.45) is 1.80. The molecule has 94 valence electrons. The number of pyridine rings is 1. The highest BCUT2D eigenvalue weighted by Crippen LogP contribution is 2.02. The number of nitrogens with one attached hydrogen (secondary N) is 3. The maximum atomic E-state index is 10.8. The fraction of sp³-hybridized carbons (Fsp3) is 0.455. The summed E-state index contributed by atoms with van der Waals surface area (Å²) < 4.78 is 2.65. The summed E-state index contributed by atoms with van der Waals surface area (Å²) in [5, 5.41) is 5.77. The van der Waals surface area contributed by atoms with E-state index in [2.05, 4.69) is 20.3 Å². The van der Waals surface area contributed by atoms with Crippen LogP contribution >= 0.6 is 11.9 Å². The molecule has 0 aliphatic carbocycles. The fourth-order valence-corrected chi connectivity index (χ4v) is 1.78. The van der Waals surface area contributed by atoms with Gasteiger partial charge in [-0.2, -0.15) is 0 Å². The lowest BCUT2D eigenvalue weighted by Gasteiger charge is -2.06. The minimum absolute atomic E-state index is 0.171. The summed E-state index contributed by atoms with van der Waals surface area (Å²) in [5.41, 5.74) is 2.26. The number of aromatic nitrogens is 1. The topological polar surface area (TPSA) is 66.1 Å². The third-order valence-corrected chi connectivity index (χ3v) is 2.92. The largest absolute Gasteiger partial charge is 0.341 e. The average molecular weight is 254 g/mol. The summed E-state index contributed by atoms with van der Waals surface area (Å²) in [5.74, 6) is 0.819. The Bertz CT molecular complexity index is 359. The van der Waals surface area contributed by atoms with Crippen LogP contribution in [0.25, 0.3) is 0 Å². The number of hydrogen-bond acceptors (Lipinski definition) is 4. The van der Waals surface area contributed by atoms with Crippen molar-refractivity contribution in [2.45, 2.75) is 13.5 Å². The van der Waals surface area contributed by atoms with Gasteiger partial charge in [-0.05, 0) is 30.5 Å².